The van der Waals surface area contributed by atoms with Crippen molar-refractivity contribution in [2.24, 2.45) is 0 Å². The highest BCUT2D eigenvalue weighted by Gasteiger charge is 2.18. The summed E-state index contributed by atoms with van der Waals surface area (Å²) < 4.78 is 52.7. The molecule has 20 heavy (non-hydrogen) atoms. The fourth-order valence-corrected chi connectivity index (χ4v) is 2.47. The van der Waals surface area contributed by atoms with Gasteiger partial charge in [0.2, 0.25) is 0 Å². The van der Waals surface area contributed by atoms with Crippen molar-refractivity contribution < 1.29 is 17.6 Å². The van der Waals surface area contributed by atoms with Gasteiger partial charge in [-0.05, 0) is 35.7 Å². The molecule has 2 rings (SSSR count). The quantitative estimate of drug-likeness (QED) is 0.402. The van der Waals surface area contributed by atoms with Crippen LogP contribution < -0.4 is 0 Å². The van der Waals surface area contributed by atoms with Crippen LogP contribution in [0.5, 0.6) is 0 Å². The molecule has 0 amide bonds. The molecule has 0 fully saturated rings. The lowest BCUT2D eigenvalue weighted by Gasteiger charge is -2.13. The average molecular weight is 323 g/mol. The van der Waals surface area contributed by atoms with E-state index in [2.05, 4.69) is 0 Å². The van der Waals surface area contributed by atoms with Crippen LogP contribution in [0, 0.1) is 23.3 Å². The molecule has 0 saturated heterocycles. The van der Waals surface area contributed by atoms with Crippen molar-refractivity contribution in [3.05, 3.63) is 69.8 Å². The van der Waals surface area contributed by atoms with Gasteiger partial charge in [-0.1, -0.05) is 23.7 Å². The Morgan fingerprint density at radius 2 is 1.60 bits per heavy atom. The van der Waals surface area contributed by atoms with E-state index in [4.69, 9.17) is 23.2 Å². The zero-order chi connectivity index (χ0) is 14.9. The van der Waals surface area contributed by atoms with Crippen molar-refractivity contribution in [3.63, 3.8) is 0 Å². The Bertz CT molecular complexity index is 643. The summed E-state index contributed by atoms with van der Waals surface area (Å²) in [6.07, 6.45) is -0.101. The van der Waals surface area contributed by atoms with Crippen LogP contribution in [-0.4, -0.2) is 0 Å². The molecule has 0 bridgehead atoms. The molecule has 0 aliphatic heterocycles. The lowest BCUT2D eigenvalue weighted by Crippen LogP contribution is -2.02. The van der Waals surface area contributed by atoms with Crippen molar-refractivity contribution >= 4 is 23.2 Å². The van der Waals surface area contributed by atoms with Crippen LogP contribution in [0.1, 0.15) is 16.5 Å². The number of halogens is 6. The minimum absolute atomic E-state index is 0.0331. The Hall–Kier alpha value is -1.26. The van der Waals surface area contributed by atoms with Gasteiger partial charge in [0.05, 0.1) is 5.38 Å². The third-order valence-electron chi connectivity index (χ3n) is 2.81. The van der Waals surface area contributed by atoms with Crippen molar-refractivity contribution in [2.75, 3.05) is 0 Å². The third kappa shape index (κ3) is 3.07. The van der Waals surface area contributed by atoms with Crippen LogP contribution in [-0.2, 0) is 6.42 Å². The second kappa shape index (κ2) is 6.02. The van der Waals surface area contributed by atoms with Crippen LogP contribution in [0.2, 0.25) is 5.02 Å². The molecule has 2 aromatic rings. The molecule has 0 spiro atoms. The van der Waals surface area contributed by atoms with Gasteiger partial charge < -0.3 is 0 Å². The standard InChI is InChI=1S/C14H8Cl2F4/c15-9(4-7-2-1-3-11(17)14(7)20)8-5-12(18)13(19)6-10(8)16/h1-3,5-6,9H,4H2. The van der Waals surface area contributed by atoms with Crippen molar-refractivity contribution in [2.45, 2.75) is 11.8 Å². The highest BCUT2D eigenvalue weighted by Crippen LogP contribution is 2.33. The van der Waals surface area contributed by atoms with Gasteiger partial charge in [-0.15, -0.1) is 11.6 Å². The minimum Gasteiger partial charge on any atom is -0.204 e. The van der Waals surface area contributed by atoms with Crippen LogP contribution >= 0.6 is 23.2 Å². The first-order valence-corrected chi connectivity index (χ1v) is 6.43. The predicted octanol–water partition coefficient (Wildman–Crippen LogP) is 5.42. The maximum atomic E-state index is 13.5. The molecule has 0 radical (unpaired) electrons. The molecule has 0 aliphatic rings. The monoisotopic (exact) mass is 322 g/mol. The molecule has 1 unspecified atom stereocenters. The Labute approximate surface area is 122 Å². The smallest absolute Gasteiger partial charge is 0.162 e. The number of rotatable bonds is 3. The number of hydrogen-bond acceptors (Lipinski definition) is 0. The Kier molecular flexibility index (Phi) is 4.55. The van der Waals surface area contributed by atoms with Gasteiger partial charge >= 0.3 is 0 Å². The SMILES string of the molecule is Fc1cc(Cl)c(C(Cl)Cc2cccc(F)c2F)cc1F. The van der Waals surface area contributed by atoms with Gasteiger partial charge in [-0.25, -0.2) is 17.6 Å². The topological polar surface area (TPSA) is 0 Å². The molecule has 0 nitrogen and oxygen atoms in total. The highest BCUT2D eigenvalue weighted by atomic mass is 35.5. The summed E-state index contributed by atoms with van der Waals surface area (Å²) in [6.45, 7) is 0. The predicted molar refractivity (Wildman–Crippen MR) is 70.0 cm³/mol. The number of benzene rings is 2. The van der Waals surface area contributed by atoms with E-state index >= 15 is 0 Å². The number of alkyl halides is 1. The van der Waals surface area contributed by atoms with Crippen LogP contribution in [0.15, 0.2) is 30.3 Å². The molecule has 2 aromatic carbocycles. The second-order valence-electron chi connectivity index (χ2n) is 4.17. The summed E-state index contributed by atoms with van der Waals surface area (Å²) in [5.41, 5.74) is 0.154. The number of hydrogen-bond donors (Lipinski definition) is 0. The largest absolute Gasteiger partial charge is 0.204 e. The van der Waals surface area contributed by atoms with E-state index in [1.807, 2.05) is 0 Å². The van der Waals surface area contributed by atoms with E-state index in [0.717, 1.165) is 18.2 Å². The van der Waals surface area contributed by atoms with E-state index in [1.165, 1.54) is 12.1 Å². The summed E-state index contributed by atoms with van der Waals surface area (Å²) in [4.78, 5) is 0. The fourth-order valence-electron chi connectivity index (χ4n) is 1.79. The van der Waals surface area contributed by atoms with Gasteiger partial charge in [0, 0.05) is 5.02 Å². The molecular weight excluding hydrogens is 315 g/mol. The van der Waals surface area contributed by atoms with E-state index < -0.39 is 28.6 Å². The summed E-state index contributed by atoms with van der Waals surface area (Å²) in [7, 11) is 0. The summed E-state index contributed by atoms with van der Waals surface area (Å²) in [6, 6.07) is 5.33. The molecule has 1 atom stereocenters. The summed E-state index contributed by atoms with van der Waals surface area (Å²) >= 11 is 11.8. The molecule has 0 aliphatic carbocycles. The van der Waals surface area contributed by atoms with Gasteiger partial charge in [0.15, 0.2) is 23.3 Å². The Balaban J connectivity index is 2.31. The normalized spacial score (nSPS) is 12.5. The van der Waals surface area contributed by atoms with Gasteiger partial charge in [0.1, 0.15) is 0 Å². The molecule has 0 saturated carbocycles. The zero-order valence-corrected chi connectivity index (χ0v) is 11.5. The van der Waals surface area contributed by atoms with E-state index in [-0.39, 0.29) is 22.6 Å². The summed E-state index contributed by atoms with van der Waals surface area (Å²) in [5.74, 6) is -4.21. The van der Waals surface area contributed by atoms with Crippen LogP contribution in [0.3, 0.4) is 0 Å². The lowest BCUT2D eigenvalue weighted by atomic mass is 10.0. The Morgan fingerprint density at radius 1 is 0.950 bits per heavy atom. The molecule has 106 valence electrons. The fraction of sp³-hybridized carbons (Fsp3) is 0.143. The first kappa shape index (κ1) is 15.1. The first-order chi connectivity index (χ1) is 9.40. The van der Waals surface area contributed by atoms with E-state index in [9.17, 15) is 17.6 Å². The molecule has 6 heteroatoms. The molecule has 0 N–H and O–H groups in total. The third-order valence-corrected chi connectivity index (χ3v) is 3.52. The van der Waals surface area contributed by atoms with Crippen molar-refractivity contribution in [3.8, 4) is 0 Å². The molecule has 0 aromatic heterocycles. The highest BCUT2D eigenvalue weighted by molar-refractivity contribution is 6.32. The van der Waals surface area contributed by atoms with E-state index in [1.54, 1.807) is 0 Å². The van der Waals surface area contributed by atoms with Crippen LogP contribution in [0.4, 0.5) is 17.6 Å². The maximum absolute atomic E-state index is 13.5. The maximum Gasteiger partial charge on any atom is 0.162 e. The summed E-state index contributed by atoms with van der Waals surface area (Å²) in [5, 5.41) is -0.977. The van der Waals surface area contributed by atoms with Gasteiger partial charge in [-0.2, -0.15) is 0 Å². The lowest BCUT2D eigenvalue weighted by molar-refractivity contribution is 0.497. The minimum atomic E-state index is -1.10. The van der Waals surface area contributed by atoms with Crippen LogP contribution in [0.25, 0.3) is 0 Å². The zero-order valence-electron chi connectivity index (χ0n) is 9.94. The van der Waals surface area contributed by atoms with Crippen molar-refractivity contribution in [1.29, 1.82) is 0 Å². The van der Waals surface area contributed by atoms with E-state index in [0.29, 0.717) is 0 Å². The molecule has 0 heterocycles. The average Bonchev–Trinajstić information content (AvgIpc) is 2.39. The molecular formula is C14H8Cl2F4. The second-order valence-corrected chi connectivity index (χ2v) is 5.11. The van der Waals surface area contributed by atoms with Gasteiger partial charge in [0.25, 0.3) is 0 Å². The van der Waals surface area contributed by atoms with Gasteiger partial charge in [-0.3, -0.25) is 0 Å². The first-order valence-electron chi connectivity index (χ1n) is 5.61. The van der Waals surface area contributed by atoms with Crippen molar-refractivity contribution in [1.82, 2.24) is 0 Å². The Morgan fingerprint density at radius 3 is 2.30 bits per heavy atom.